The van der Waals surface area contributed by atoms with E-state index < -0.39 is 0 Å². The molecule has 0 aliphatic carbocycles. The van der Waals surface area contributed by atoms with Crippen LogP contribution >= 0.6 is 35.1 Å². The zero-order valence-corrected chi connectivity index (χ0v) is 13.4. The van der Waals surface area contributed by atoms with E-state index in [2.05, 4.69) is 12.2 Å². The Kier molecular flexibility index (Phi) is 6.33. The molecule has 106 valence electrons. The van der Waals surface area contributed by atoms with Gasteiger partial charge in [0.15, 0.2) is 0 Å². The standard InChI is InChI=1S/C14H19ClFNS2/c1-2-17-13(14-9-18-5-6-19-14)7-10-3-4-11(16)8-12(10)15/h3-4,8,13-14,17H,2,5-7,9H2,1H3. The molecule has 0 bridgehead atoms. The fourth-order valence-electron chi connectivity index (χ4n) is 2.26. The Labute approximate surface area is 128 Å². The van der Waals surface area contributed by atoms with Crippen LogP contribution in [0.25, 0.3) is 0 Å². The molecule has 1 aromatic rings. The number of benzene rings is 1. The highest BCUT2D eigenvalue weighted by Crippen LogP contribution is 2.29. The number of nitrogens with one attached hydrogen (secondary N) is 1. The molecular formula is C14H19ClFNS2. The van der Waals surface area contributed by atoms with Crippen LogP contribution in [0.4, 0.5) is 4.39 Å². The molecule has 5 heteroatoms. The second kappa shape index (κ2) is 7.77. The Morgan fingerprint density at radius 3 is 2.95 bits per heavy atom. The van der Waals surface area contributed by atoms with Gasteiger partial charge in [-0.05, 0) is 30.7 Å². The van der Waals surface area contributed by atoms with Crippen molar-refractivity contribution in [2.45, 2.75) is 24.6 Å². The molecule has 2 atom stereocenters. The van der Waals surface area contributed by atoms with Crippen LogP contribution in [0.15, 0.2) is 18.2 Å². The van der Waals surface area contributed by atoms with Crippen LogP contribution in [0.5, 0.6) is 0 Å². The molecule has 2 rings (SSSR count). The summed E-state index contributed by atoms with van der Waals surface area (Å²) in [6, 6.07) is 5.11. The Balaban J connectivity index is 2.06. The number of hydrogen-bond donors (Lipinski definition) is 1. The summed E-state index contributed by atoms with van der Waals surface area (Å²) >= 11 is 10.2. The summed E-state index contributed by atoms with van der Waals surface area (Å²) in [5, 5.41) is 4.71. The van der Waals surface area contributed by atoms with Gasteiger partial charge in [-0.1, -0.05) is 24.6 Å². The van der Waals surface area contributed by atoms with E-state index in [9.17, 15) is 4.39 Å². The number of rotatable bonds is 5. The molecule has 1 aliphatic rings. The fourth-order valence-corrected chi connectivity index (χ4v) is 5.39. The molecule has 0 radical (unpaired) electrons. The van der Waals surface area contributed by atoms with E-state index in [-0.39, 0.29) is 5.82 Å². The second-order valence-corrected chi connectivity index (χ2v) is 7.49. The smallest absolute Gasteiger partial charge is 0.124 e. The zero-order chi connectivity index (χ0) is 13.7. The number of likely N-dealkylation sites (N-methyl/N-ethyl adjacent to an activating group) is 1. The first kappa shape index (κ1) is 15.5. The lowest BCUT2D eigenvalue weighted by Gasteiger charge is -2.30. The molecule has 0 saturated carbocycles. The van der Waals surface area contributed by atoms with E-state index in [1.807, 2.05) is 29.6 Å². The van der Waals surface area contributed by atoms with Gasteiger partial charge in [0, 0.05) is 33.6 Å². The summed E-state index contributed by atoms with van der Waals surface area (Å²) in [4.78, 5) is 0. The third-order valence-corrected chi connectivity index (χ3v) is 6.48. The van der Waals surface area contributed by atoms with Crippen molar-refractivity contribution in [1.29, 1.82) is 0 Å². The first-order chi connectivity index (χ1) is 9.20. The molecule has 19 heavy (non-hydrogen) atoms. The third kappa shape index (κ3) is 4.55. The monoisotopic (exact) mass is 319 g/mol. The van der Waals surface area contributed by atoms with E-state index in [4.69, 9.17) is 11.6 Å². The largest absolute Gasteiger partial charge is 0.313 e. The SMILES string of the molecule is CCNC(Cc1ccc(F)cc1Cl)C1CSCCS1. The van der Waals surface area contributed by atoms with Crippen LogP contribution in [0.1, 0.15) is 12.5 Å². The minimum absolute atomic E-state index is 0.267. The molecule has 1 heterocycles. The predicted octanol–water partition coefficient (Wildman–Crippen LogP) is 3.85. The van der Waals surface area contributed by atoms with Crippen LogP contribution in [0.2, 0.25) is 5.02 Å². The summed E-state index contributed by atoms with van der Waals surface area (Å²) in [7, 11) is 0. The normalized spacial score (nSPS) is 21.3. The maximum atomic E-state index is 13.1. The lowest BCUT2D eigenvalue weighted by atomic mass is 10.0. The molecule has 1 nitrogen and oxygen atoms in total. The van der Waals surface area contributed by atoms with Gasteiger partial charge in [-0.15, -0.1) is 0 Å². The van der Waals surface area contributed by atoms with Gasteiger partial charge in [0.05, 0.1) is 0 Å². The van der Waals surface area contributed by atoms with Crippen LogP contribution in [0, 0.1) is 5.82 Å². The average molecular weight is 320 g/mol. The van der Waals surface area contributed by atoms with Gasteiger partial charge < -0.3 is 5.32 Å². The van der Waals surface area contributed by atoms with Gasteiger partial charge in [-0.2, -0.15) is 23.5 Å². The molecule has 1 fully saturated rings. The van der Waals surface area contributed by atoms with E-state index in [0.717, 1.165) is 18.5 Å². The minimum atomic E-state index is -0.267. The predicted molar refractivity (Wildman–Crippen MR) is 86.1 cm³/mol. The molecular weight excluding hydrogens is 301 g/mol. The summed E-state index contributed by atoms with van der Waals surface area (Å²) in [5.41, 5.74) is 1.03. The molecule has 2 unspecified atom stereocenters. The highest BCUT2D eigenvalue weighted by molar-refractivity contribution is 8.06. The highest BCUT2D eigenvalue weighted by atomic mass is 35.5. The summed E-state index contributed by atoms with van der Waals surface area (Å²) < 4.78 is 13.1. The van der Waals surface area contributed by atoms with E-state index >= 15 is 0 Å². The van der Waals surface area contributed by atoms with Crippen molar-refractivity contribution >= 4 is 35.1 Å². The zero-order valence-electron chi connectivity index (χ0n) is 11.0. The van der Waals surface area contributed by atoms with Gasteiger partial charge in [-0.25, -0.2) is 4.39 Å². The van der Waals surface area contributed by atoms with Crippen molar-refractivity contribution in [3.8, 4) is 0 Å². The fraction of sp³-hybridized carbons (Fsp3) is 0.571. The van der Waals surface area contributed by atoms with Crippen molar-refractivity contribution in [3.05, 3.63) is 34.6 Å². The maximum Gasteiger partial charge on any atom is 0.124 e. The Hall–Kier alpha value is 0.1000. The van der Waals surface area contributed by atoms with Crippen molar-refractivity contribution < 1.29 is 4.39 Å². The first-order valence-corrected chi connectivity index (χ1v) is 9.15. The number of halogens is 2. The lowest BCUT2D eigenvalue weighted by Crippen LogP contribution is -2.42. The molecule has 1 N–H and O–H groups in total. The van der Waals surface area contributed by atoms with Crippen molar-refractivity contribution in [3.63, 3.8) is 0 Å². The average Bonchev–Trinajstić information content (AvgIpc) is 2.42. The first-order valence-electron chi connectivity index (χ1n) is 6.57. The summed E-state index contributed by atoms with van der Waals surface area (Å²) in [6.07, 6.45) is 0.866. The Morgan fingerprint density at radius 1 is 1.47 bits per heavy atom. The van der Waals surface area contributed by atoms with Gasteiger partial charge in [0.2, 0.25) is 0 Å². The Bertz CT molecular complexity index is 410. The van der Waals surface area contributed by atoms with Gasteiger partial charge >= 0.3 is 0 Å². The molecule has 1 saturated heterocycles. The van der Waals surface area contributed by atoms with E-state index in [0.29, 0.717) is 16.3 Å². The molecule has 1 aliphatic heterocycles. The molecule has 0 aromatic heterocycles. The quantitative estimate of drug-likeness (QED) is 0.885. The van der Waals surface area contributed by atoms with Crippen LogP contribution in [-0.4, -0.2) is 35.1 Å². The van der Waals surface area contributed by atoms with Gasteiger partial charge in [-0.3, -0.25) is 0 Å². The summed E-state index contributed by atoms with van der Waals surface area (Å²) in [6.45, 7) is 3.07. The molecule has 1 aromatic carbocycles. The van der Waals surface area contributed by atoms with E-state index in [1.165, 1.54) is 29.4 Å². The number of thioether (sulfide) groups is 2. The number of hydrogen-bond acceptors (Lipinski definition) is 3. The topological polar surface area (TPSA) is 12.0 Å². The second-order valence-electron chi connectivity index (χ2n) is 4.59. The Morgan fingerprint density at radius 2 is 2.32 bits per heavy atom. The van der Waals surface area contributed by atoms with Crippen LogP contribution in [0.3, 0.4) is 0 Å². The summed E-state index contributed by atoms with van der Waals surface area (Å²) in [5.74, 6) is 3.38. The van der Waals surface area contributed by atoms with Gasteiger partial charge in [0.1, 0.15) is 5.82 Å². The van der Waals surface area contributed by atoms with Crippen molar-refractivity contribution in [2.24, 2.45) is 0 Å². The van der Waals surface area contributed by atoms with Crippen molar-refractivity contribution in [1.82, 2.24) is 5.32 Å². The molecule has 0 spiro atoms. The lowest BCUT2D eigenvalue weighted by molar-refractivity contribution is 0.522. The third-order valence-electron chi connectivity index (χ3n) is 3.21. The minimum Gasteiger partial charge on any atom is -0.313 e. The van der Waals surface area contributed by atoms with E-state index in [1.54, 1.807) is 0 Å². The maximum absolute atomic E-state index is 13.1. The van der Waals surface area contributed by atoms with Crippen LogP contribution < -0.4 is 5.32 Å². The van der Waals surface area contributed by atoms with Gasteiger partial charge in [0.25, 0.3) is 0 Å². The van der Waals surface area contributed by atoms with Crippen molar-refractivity contribution in [2.75, 3.05) is 23.8 Å². The van der Waals surface area contributed by atoms with Crippen LogP contribution in [-0.2, 0) is 6.42 Å². The molecule has 0 amide bonds. The highest BCUT2D eigenvalue weighted by Gasteiger charge is 2.24.